The number of pyridine rings is 1. The van der Waals surface area contributed by atoms with Gasteiger partial charge in [-0.3, -0.25) is 10.6 Å². The predicted molar refractivity (Wildman–Crippen MR) is 68.4 cm³/mol. The molecule has 19 heavy (non-hydrogen) atoms. The number of hydrogen-bond acceptors (Lipinski definition) is 6. The van der Waals surface area contributed by atoms with Crippen molar-refractivity contribution >= 4 is 21.6 Å². The Balaban J connectivity index is 2.08. The molecule has 2 rings (SSSR count). The van der Waals surface area contributed by atoms with Gasteiger partial charge in [0.05, 0.1) is 5.69 Å². The smallest absolute Gasteiger partial charge is 0.260 e. The molecule has 0 aromatic carbocycles. The molecule has 1 aromatic rings. The molecule has 2 heterocycles. The summed E-state index contributed by atoms with van der Waals surface area (Å²) in [6.45, 7) is 0.134. The topological polar surface area (TPSA) is 126 Å². The summed E-state index contributed by atoms with van der Waals surface area (Å²) in [7, 11) is -3.76. The van der Waals surface area contributed by atoms with Crippen LogP contribution >= 0.6 is 0 Å². The maximum atomic E-state index is 12.1. The summed E-state index contributed by atoms with van der Waals surface area (Å²) < 4.78 is 26.5. The predicted octanol–water partition coefficient (Wildman–Crippen LogP) is -1.08. The molecular formula is C10H15N5O3S. The largest absolute Gasteiger partial charge is 0.352 e. The second-order valence-electron chi connectivity index (χ2n) is 4.16. The molecule has 0 saturated carbocycles. The Morgan fingerprint density at radius 1 is 1.53 bits per heavy atom. The quantitative estimate of drug-likeness (QED) is 0.403. The highest BCUT2D eigenvalue weighted by molar-refractivity contribution is 7.89. The van der Waals surface area contributed by atoms with Crippen molar-refractivity contribution in [2.45, 2.75) is 23.9 Å². The Kier molecular flexibility index (Phi) is 3.98. The fourth-order valence-corrected chi connectivity index (χ4v) is 3.00. The molecule has 1 atom stereocenters. The average Bonchev–Trinajstić information content (AvgIpc) is 2.82. The van der Waals surface area contributed by atoms with Crippen LogP contribution < -0.4 is 21.3 Å². The third-order valence-electron chi connectivity index (χ3n) is 2.79. The molecule has 1 aliphatic heterocycles. The fraction of sp³-hybridized carbons (Fsp3) is 0.400. The van der Waals surface area contributed by atoms with Crippen LogP contribution in [0.5, 0.6) is 0 Å². The van der Waals surface area contributed by atoms with Gasteiger partial charge in [-0.1, -0.05) is 0 Å². The van der Waals surface area contributed by atoms with Crippen LogP contribution in [0.4, 0.5) is 5.69 Å². The number of nitrogen functional groups attached to an aromatic ring is 1. The van der Waals surface area contributed by atoms with Gasteiger partial charge >= 0.3 is 0 Å². The first-order chi connectivity index (χ1) is 9.03. The molecule has 104 valence electrons. The minimum atomic E-state index is -3.76. The van der Waals surface area contributed by atoms with Crippen molar-refractivity contribution in [2.75, 3.05) is 12.0 Å². The summed E-state index contributed by atoms with van der Waals surface area (Å²) in [4.78, 5) is 14.8. The highest BCUT2D eigenvalue weighted by atomic mass is 32.2. The normalized spacial score (nSPS) is 19.2. The number of nitrogens with one attached hydrogen (secondary N) is 3. The monoisotopic (exact) mass is 285 g/mol. The van der Waals surface area contributed by atoms with Crippen molar-refractivity contribution in [1.82, 2.24) is 15.0 Å². The summed E-state index contributed by atoms with van der Waals surface area (Å²) in [5, 5.41) is 2.51. The number of nitrogens with zero attached hydrogens (tertiary/aromatic N) is 1. The summed E-state index contributed by atoms with van der Waals surface area (Å²) in [6, 6.07) is 2.91. The summed E-state index contributed by atoms with van der Waals surface area (Å²) in [5.41, 5.74) is 2.50. The number of aromatic nitrogens is 1. The number of carbonyl (C=O) groups is 1. The van der Waals surface area contributed by atoms with E-state index in [4.69, 9.17) is 5.84 Å². The number of amides is 1. The maximum absolute atomic E-state index is 12.1. The van der Waals surface area contributed by atoms with Crippen LogP contribution in [0.2, 0.25) is 0 Å². The lowest BCUT2D eigenvalue weighted by atomic mass is 10.2. The number of hydrazine groups is 1. The molecule has 1 amide bonds. The van der Waals surface area contributed by atoms with E-state index in [0.29, 0.717) is 12.8 Å². The van der Waals surface area contributed by atoms with Crippen molar-refractivity contribution in [2.24, 2.45) is 5.84 Å². The van der Waals surface area contributed by atoms with Crippen molar-refractivity contribution in [3.8, 4) is 0 Å². The van der Waals surface area contributed by atoms with E-state index in [1.54, 1.807) is 6.07 Å². The van der Waals surface area contributed by atoms with Crippen molar-refractivity contribution in [1.29, 1.82) is 0 Å². The van der Waals surface area contributed by atoms with Gasteiger partial charge in [-0.25, -0.2) is 18.1 Å². The minimum absolute atomic E-state index is 0.0636. The lowest BCUT2D eigenvalue weighted by Gasteiger charge is -2.13. The van der Waals surface area contributed by atoms with E-state index in [-0.39, 0.29) is 29.2 Å². The van der Waals surface area contributed by atoms with Gasteiger partial charge in [-0.2, -0.15) is 0 Å². The highest BCUT2D eigenvalue weighted by Crippen LogP contribution is 2.16. The number of hydrogen-bond donors (Lipinski definition) is 4. The first-order valence-corrected chi connectivity index (χ1v) is 7.22. The van der Waals surface area contributed by atoms with Crippen LogP contribution in [0, 0.1) is 0 Å². The molecule has 8 nitrogen and oxygen atoms in total. The van der Waals surface area contributed by atoms with Crippen LogP contribution in [0.15, 0.2) is 23.4 Å². The standard InChI is InChI=1S/C10H15N5O3S/c11-15-8-2-1-5-12-10(8)19(17,18)13-6-7-3-4-9(16)14-7/h1-2,5,7,13,15H,3-4,6,11H2,(H,14,16). The van der Waals surface area contributed by atoms with E-state index < -0.39 is 10.0 Å². The first kappa shape index (κ1) is 13.7. The minimum Gasteiger partial charge on any atom is -0.352 e. The molecule has 1 aliphatic rings. The van der Waals surface area contributed by atoms with Gasteiger partial charge < -0.3 is 10.7 Å². The van der Waals surface area contributed by atoms with E-state index in [0.717, 1.165) is 0 Å². The molecule has 0 radical (unpaired) electrons. The zero-order valence-electron chi connectivity index (χ0n) is 10.1. The van der Waals surface area contributed by atoms with Gasteiger partial charge in [-0.05, 0) is 18.6 Å². The molecule has 0 bridgehead atoms. The van der Waals surface area contributed by atoms with Gasteiger partial charge in [0.2, 0.25) is 5.91 Å². The molecule has 0 aliphatic carbocycles. The number of carbonyl (C=O) groups excluding carboxylic acids is 1. The van der Waals surface area contributed by atoms with Crippen molar-refractivity contribution in [3.05, 3.63) is 18.3 Å². The Hall–Kier alpha value is -1.71. The van der Waals surface area contributed by atoms with E-state index in [1.807, 2.05) is 0 Å². The summed E-state index contributed by atoms with van der Waals surface area (Å²) in [6.07, 6.45) is 2.41. The van der Waals surface area contributed by atoms with E-state index >= 15 is 0 Å². The second-order valence-corrected chi connectivity index (χ2v) is 5.84. The van der Waals surface area contributed by atoms with Crippen LogP contribution in [0.3, 0.4) is 0 Å². The van der Waals surface area contributed by atoms with Crippen molar-refractivity contribution < 1.29 is 13.2 Å². The van der Waals surface area contributed by atoms with Gasteiger partial charge in [0, 0.05) is 25.2 Å². The zero-order valence-corrected chi connectivity index (χ0v) is 10.9. The Morgan fingerprint density at radius 3 is 2.95 bits per heavy atom. The second kappa shape index (κ2) is 5.51. The Labute approximate surface area is 110 Å². The lowest BCUT2D eigenvalue weighted by molar-refractivity contribution is -0.119. The Morgan fingerprint density at radius 2 is 2.32 bits per heavy atom. The number of rotatable bonds is 5. The first-order valence-electron chi connectivity index (χ1n) is 5.73. The maximum Gasteiger partial charge on any atom is 0.260 e. The summed E-state index contributed by atoms with van der Waals surface area (Å²) >= 11 is 0. The van der Waals surface area contributed by atoms with Gasteiger partial charge in [0.1, 0.15) is 0 Å². The van der Waals surface area contributed by atoms with Crippen LogP contribution in [0.25, 0.3) is 0 Å². The average molecular weight is 285 g/mol. The number of nitrogens with two attached hydrogens (primary N) is 1. The molecule has 1 fully saturated rings. The Bertz CT molecular complexity index is 574. The molecule has 1 aromatic heterocycles. The number of anilines is 1. The van der Waals surface area contributed by atoms with Gasteiger partial charge in [0.25, 0.3) is 10.0 Å². The SMILES string of the molecule is NNc1cccnc1S(=O)(=O)NCC1CCC(=O)N1. The molecule has 1 saturated heterocycles. The van der Waals surface area contributed by atoms with Crippen LogP contribution in [-0.2, 0) is 14.8 Å². The van der Waals surface area contributed by atoms with Crippen LogP contribution in [-0.4, -0.2) is 31.9 Å². The molecular weight excluding hydrogens is 270 g/mol. The van der Waals surface area contributed by atoms with Gasteiger partial charge in [0.15, 0.2) is 5.03 Å². The molecule has 0 spiro atoms. The molecule has 1 unspecified atom stereocenters. The third-order valence-corrected chi connectivity index (χ3v) is 4.17. The fourth-order valence-electron chi connectivity index (χ4n) is 1.82. The zero-order chi connectivity index (χ0) is 13.9. The molecule has 9 heteroatoms. The highest BCUT2D eigenvalue weighted by Gasteiger charge is 2.25. The van der Waals surface area contributed by atoms with Gasteiger partial charge in [-0.15, -0.1) is 0 Å². The summed E-state index contributed by atoms with van der Waals surface area (Å²) in [5.74, 6) is 5.18. The van der Waals surface area contributed by atoms with E-state index in [1.165, 1.54) is 12.3 Å². The lowest BCUT2D eigenvalue weighted by Crippen LogP contribution is -2.38. The van der Waals surface area contributed by atoms with Crippen molar-refractivity contribution in [3.63, 3.8) is 0 Å². The number of sulfonamides is 1. The third kappa shape index (κ3) is 3.19. The molecule has 5 N–H and O–H groups in total. The van der Waals surface area contributed by atoms with Crippen LogP contribution in [0.1, 0.15) is 12.8 Å². The van der Waals surface area contributed by atoms with E-state index in [9.17, 15) is 13.2 Å². The van der Waals surface area contributed by atoms with E-state index in [2.05, 4.69) is 20.4 Å².